The molecule has 1 aromatic carbocycles. The summed E-state index contributed by atoms with van der Waals surface area (Å²) in [6.45, 7) is 1.27. The van der Waals surface area contributed by atoms with Gasteiger partial charge in [-0.25, -0.2) is 9.78 Å². The average Bonchev–Trinajstić information content (AvgIpc) is 3.31. The van der Waals surface area contributed by atoms with Crippen molar-refractivity contribution < 1.29 is 9.53 Å². The summed E-state index contributed by atoms with van der Waals surface area (Å²) in [5, 5.41) is 9.06. The summed E-state index contributed by atoms with van der Waals surface area (Å²) < 4.78 is 5.78. The Morgan fingerprint density at radius 2 is 2.25 bits per heavy atom. The van der Waals surface area contributed by atoms with Crippen molar-refractivity contribution in [2.45, 2.75) is 25.3 Å². The highest BCUT2D eigenvalue weighted by Crippen LogP contribution is 2.41. The maximum Gasteiger partial charge on any atom is 0.315 e. The van der Waals surface area contributed by atoms with E-state index in [2.05, 4.69) is 21.7 Å². The Bertz CT molecular complexity index is 700. The Labute approximate surface area is 145 Å². The number of nitrogens with one attached hydrogen (secondary N) is 2. The number of fused-ring (bicyclic) bond motifs is 1. The van der Waals surface area contributed by atoms with Gasteiger partial charge < -0.3 is 15.4 Å². The van der Waals surface area contributed by atoms with Gasteiger partial charge in [-0.3, -0.25) is 0 Å². The fourth-order valence-electron chi connectivity index (χ4n) is 3.15. The van der Waals surface area contributed by atoms with Crippen molar-refractivity contribution in [2.24, 2.45) is 11.8 Å². The summed E-state index contributed by atoms with van der Waals surface area (Å²) in [5.74, 6) is 1.81. The Balaban J connectivity index is 1.29. The molecule has 6 heteroatoms. The largest absolute Gasteiger partial charge is 0.493 e. The van der Waals surface area contributed by atoms with Crippen LogP contribution >= 0.6 is 11.3 Å². The number of benzene rings is 1. The molecule has 1 saturated carbocycles. The summed E-state index contributed by atoms with van der Waals surface area (Å²) >= 11 is 1.61. The molecule has 0 bridgehead atoms. The number of carbonyl (C=O) groups is 1. The number of aromatic nitrogens is 1. The molecule has 4 rings (SSSR count). The van der Waals surface area contributed by atoms with Crippen LogP contribution in [0.15, 0.2) is 35.8 Å². The van der Waals surface area contributed by atoms with Gasteiger partial charge in [0.25, 0.3) is 0 Å². The molecule has 5 nitrogen and oxygen atoms in total. The summed E-state index contributed by atoms with van der Waals surface area (Å²) in [6.07, 6.45) is 5.07. The lowest BCUT2D eigenvalue weighted by Crippen LogP contribution is -2.42. The molecular weight excluding hydrogens is 322 g/mol. The number of hydrogen-bond acceptors (Lipinski definition) is 4. The van der Waals surface area contributed by atoms with Crippen molar-refractivity contribution >= 4 is 17.4 Å². The maximum absolute atomic E-state index is 12.3. The van der Waals surface area contributed by atoms with Crippen LogP contribution in [0.2, 0.25) is 0 Å². The van der Waals surface area contributed by atoms with E-state index in [-0.39, 0.29) is 12.1 Å². The smallest absolute Gasteiger partial charge is 0.315 e. The lowest BCUT2D eigenvalue weighted by Gasteiger charge is -2.25. The SMILES string of the molecule is O=C(NC[C@@H]1COc2ccccc2C1)N[C@H](c1nccs1)C1CC1. The zero-order chi connectivity index (χ0) is 16.4. The van der Waals surface area contributed by atoms with Crippen LogP contribution in [0.1, 0.15) is 29.5 Å². The van der Waals surface area contributed by atoms with Crippen LogP contribution in [0.3, 0.4) is 0 Å². The number of amides is 2. The quantitative estimate of drug-likeness (QED) is 0.877. The highest BCUT2D eigenvalue weighted by atomic mass is 32.1. The van der Waals surface area contributed by atoms with Gasteiger partial charge in [0, 0.05) is 24.0 Å². The third kappa shape index (κ3) is 3.53. The minimum atomic E-state index is -0.110. The molecule has 2 aliphatic rings. The van der Waals surface area contributed by atoms with Crippen LogP contribution in [-0.2, 0) is 6.42 Å². The predicted octanol–water partition coefficient (Wildman–Crippen LogP) is 3.14. The number of hydrogen-bond donors (Lipinski definition) is 2. The van der Waals surface area contributed by atoms with E-state index in [0.29, 0.717) is 25.0 Å². The topological polar surface area (TPSA) is 63.2 Å². The first-order chi connectivity index (χ1) is 11.8. The first-order valence-electron chi connectivity index (χ1n) is 8.44. The van der Waals surface area contributed by atoms with Gasteiger partial charge in [0.1, 0.15) is 10.8 Å². The van der Waals surface area contributed by atoms with Crippen LogP contribution in [-0.4, -0.2) is 24.2 Å². The van der Waals surface area contributed by atoms with Crippen molar-refractivity contribution in [2.75, 3.05) is 13.2 Å². The Hall–Kier alpha value is -2.08. The number of ether oxygens (including phenoxy) is 1. The van der Waals surface area contributed by atoms with Crippen molar-refractivity contribution in [1.82, 2.24) is 15.6 Å². The summed E-state index contributed by atoms with van der Waals surface area (Å²) in [4.78, 5) is 16.6. The van der Waals surface area contributed by atoms with Gasteiger partial charge in [0.2, 0.25) is 0 Å². The van der Waals surface area contributed by atoms with E-state index in [1.54, 1.807) is 17.5 Å². The van der Waals surface area contributed by atoms with Crippen molar-refractivity contribution in [3.63, 3.8) is 0 Å². The monoisotopic (exact) mass is 343 g/mol. The molecule has 1 aliphatic heterocycles. The van der Waals surface area contributed by atoms with E-state index in [0.717, 1.165) is 30.0 Å². The molecule has 2 amide bonds. The fourth-order valence-corrected chi connectivity index (χ4v) is 3.93. The highest BCUT2D eigenvalue weighted by molar-refractivity contribution is 7.09. The summed E-state index contributed by atoms with van der Waals surface area (Å²) in [7, 11) is 0. The van der Waals surface area contributed by atoms with E-state index in [1.165, 1.54) is 5.56 Å². The van der Waals surface area contributed by atoms with Gasteiger partial charge >= 0.3 is 6.03 Å². The van der Waals surface area contributed by atoms with Crippen LogP contribution in [0.5, 0.6) is 5.75 Å². The van der Waals surface area contributed by atoms with Gasteiger partial charge in [-0.15, -0.1) is 11.3 Å². The molecule has 0 unspecified atom stereocenters. The van der Waals surface area contributed by atoms with Crippen LogP contribution in [0.4, 0.5) is 4.79 Å². The normalized spacial score (nSPS) is 20.6. The minimum Gasteiger partial charge on any atom is -0.493 e. The van der Waals surface area contributed by atoms with Crippen LogP contribution in [0.25, 0.3) is 0 Å². The zero-order valence-electron chi connectivity index (χ0n) is 13.4. The summed E-state index contributed by atoms with van der Waals surface area (Å²) in [5.41, 5.74) is 1.22. The van der Waals surface area contributed by atoms with Crippen molar-refractivity contribution in [3.05, 3.63) is 46.4 Å². The molecule has 0 saturated heterocycles. The van der Waals surface area contributed by atoms with Gasteiger partial charge in [0.05, 0.1) is 12.6 Å². The van der Waals surface area contributed by atoms with Gasteiger partial charge in [-0.1, -0.05) is 18.2 Å². The van der Waals surface area contributed by atoms with E-state index in [1.807, 2.05) is 23.6 Å². The highest BCUT2D eigenvalue weighted by Gasteiger charge is 2.35. The molecule has 2 N–H and O–H groups in total. The second kappa shape index (κ2) is 6.81. The molecule has 1 fully saturated rings. The Morgan fingerprint density at radius 1 is 1.38 bits per heavy atom. The maximum atomic E-state index is 12.3. The molecule has 24 heavy (non-hydrogen) atoms. The van der Waals surface area contributed by atoms with Gasteiger partial charge in [-0.2, -0.15) is 0 Å². The second-order valence-corrected chi connectivity index (χ2v) is 7.45. The molecule has 0 radical (unpaired) electrons. The first-order valence-corrected chi connectivity index (χ1v) is 9.32. The third-order valence-electron chi connectivity index (χ3n) is 4.60. The molecular formula is C18H21N3O2S. The number of thiazole rings is 1. The predicted molar refractivity (Wildman–Crippen MR) is 93.2 cm³/mol. The summed E-state index contributed by atoms with van der Waals surface area (Å²) in [6, 6.07) is 8.04. The number of rotatable bonds is 5. The Morgan fingerprint density at radius 3 is 3.04 bits per heavy atom. The van der Waals surface area contributed by atoms with Gasteiger partial charge in [0.15, 0.2) is 0 Å². The first kappa shape index (κ1) is 15.4. The van der Waals surface area contributed by atoms with Crippen LogP contribution in [0, 0.1) is 11.8 Å². The van der Waals surface area contributed by atoms with E-state index < -0.39 is 0 Å². The van der Waals surface area contributed by atoms with E-state index in [9.17, 15) is 4.79 Å². The second-order valence-electron chi connectivity index (χ2n) is 6.53. The average molecular weight is 343 g/mol. The van der Waals surface area contributed by atoms with Crippen LogP contribution < -0.4 is 15.4 Å². The zero-order valence-corrected chi connectivity index (χ0v) is 14.2. The van der Waals surface area contributed by atoms with E-state index in [4.69, 9.17) is 4.74 Å². The molecule has 1 aliphatic carbocycles. The van der Waals surface area contributed by atoms with Crippen molar-refractivity contribution in [1.29, 1.82) is 0 Å². The molecule has 2 aromatic rings. The van der Waals surface area contributed by atoms with E-state index >= 15 is 0 Å². The molecule has 2 heterocycles. The van der Waals surface area contributed by atoms with Crippen molar-refractivity contribution in [3.8, 4) is 5.75 Å². The minimum absolute atomic E-state index is 0.0494. The number of urea groups is 1. The number of para-hydroxylation sites is 1. The molecule has 1 aromatic heterocycles. The Kier molecular flexibility index (Phi) is 4.38. The fraction of sp³-hybridized carbons (Fsp3) is 0.444. The van der Waals surface area contributed by atoms with Gasteiger partial charge in [-0.05, 0) is 36.8 Å². The lowest BCUT2D eigenvalue weighted by atomic mass is 9.97. The standard InChI is InChI=1S/C18H21N3O2S/c22-18(21-16(13-5-6-13)17-19-7-8-24-17)20-10-12-9-14-3-1-2-4-15(14)23-11-12/h1-4,7-8,12-13,16H,5-6,9-11H2,(H2,20,21,22)/t12-,16+/m1/s1. The third-order valence-corrected chi connectivity index (χ3v) is 5.46. The number of carbonyl (C=O) groups excluding carboxylic acids is 1. The molecule has 126 valence electrons. The molecule has 2 atom stereocenters. The molecule has 0 spiro atoms. The lowest BCUT2D eigenvalue weighted by molar-refractivity contribution is 0.209. The number of nitrogens with zero attached hydrogens (tertiary/aromatic N) is 1.